The fourth-order valence-electron chi connectivity index (χ4n) is 1.94. The van der Waals surface area contributed by atoms with Crippen LogP contribution in [0.1, 0.15) is 60.8 Å². The Morgan fingerprint density at radius 2 is 1.62 bits per heavy atom. The summed E-state index contributed by atoms with van der Waals surface area (Å²) in [6.45, 7) is 11.3. The second kappa shape index (κ2) is 5.46. The summed E-state index contributed by atoms with van der Waals surface area (Å²) < 4.78 is 0. The van der Waals surface area contributed by atoms with Crippen LogP contribution in [-0.4, -0.2) is 17.2 Å². The monoisotopic (exact) mass is 227 g/mol. The molecule has 0 aliphatic carbocycles. The van der Waals surface area contributed by atoms with Crippen LogP contribution in [0.15, 0.2) is 0 Å². The van der Waals surface area contributed by atoms with Gasteiger partial charge >= 0.3 is 0 Å². The maximum absolute atomic E-state index is 11.5. The number of nitrogens with one attached hydrogen (secondary N) is 1. The lowest BCUT2D eigenvalue weighted by molar-refractivity contribution is -0.128. The van der Waals surface area contributed by atoms with E-state index in [0.717, 1.165) is 6.42 Å². The molecule has 0 unspecified atom stereocenters. The molecule has 0 rings (SSSR count). The molecular weight excluding hydrogens is 202 g/mol. The summed E-state index contributed by atoms with van der Waals surface area (Å²) >= 11 is 0. The van der Waals surface area contributed by atoms with Gasteiger partial charge in [-0.1, -0.05) is 20.8 Å². The van der Waals surface area contributed by atoms with Gasteiger partial charge < -0.3 is 5.32 Å². The maximum atomic E-state index is 11.5. The fourth-order valence-corrected chi connectivity index (χ4v) is 1.94. The second-order valence-electron chi connectivity index (χ2n) is 5.80. The Morgan fingerprint density at radius 1 is 1.12 bits per heavy atom. The lowest BCUT2D eigenvalue weighted by atomic mass is 9.77. The smallest absolute Gasteiger partial charge is 0.220 e. The van der Waals surface area contributed by atoms with E-state index in [9.17, 15) is 9.59 Å². The van der Waals surface area contributed by atoms with Crippen molar-refractivity contribution < 1.29 is 9.59 Å². The van der Waals surface area contributed by atoms with Crippen molar-refractivity contribution in [3.05, 3.63) is 0 Å². The molecule has 0 saturated carbocycles. The van der Waals surface area contributed by atoms with Gasteiger partial charge in [-0.3, -0.25) is 9.59 Å². The van der Waals surface area contributed by atoms with Gasteiger partial charge in [0.25, 0.3) is 0 Å². The predicted octanol–water partition coefficient (Wildman–Crippen LogP) is 2.69. The minimum Gasteiger partial charge on any atom is -0.351 e. The second-order valence-corrected chi connectivity index (χ2v) is 5.80. The highest BCUT2D eigenvalue weighted by atomic mass is 16.1. The zero-order valence-corrected chi connectivity index (χ0v) is 11.4. The van der Waals surface area contributed by atoms with Gasteiger partial charge in [-0.25, -0.2) is 0 Å². The van der Waals surface area contributed by atoms with Gasteiger partial charge in [-0.15, -0.1) is 0 Å². The number of ketones is 1. The number of carbonyl (C=O) groups excluding carboxylic acids is 2. The van der Waals surface area contributed by atoms with E-state index in [0.29, 0.717) is 12.8 Å². The SMILES string of the molecule is CCCC(=O)NC(C)(C)CC(C)(C)C(C)=O. The van der Waals surface area contributed by atoms with Crippen LogP contribution >= 0.6 is 0 Å². The third-order valence-electron chi connectivity index (χ3n) is 2.79. The molecule has 0 aromatic rings. The molecule has 0 aliphatic heterocycles. The maximum Gasteiger partial charge on any atom is 0.220 e. The normalized spacial score (nSPS) is 12.4. The Balaban J connectivity index is 4.45. The van der Waals surface area contributed by atoms with Crippen molar-refractivity contribution in [2.75, 3.05) is 0 Å². The molecule has 0 fully saturated rings. The van der Waals surface area contributed by atoms with Crippen molar-refractivity contribution in [2.24, 2.45) is 5.41 Å². The first-order chi connectivity index (χ1) is 7.10. The molecule has 94 valence electrons. The van der Waals surface area contributed by atoms with E-state index in [1.54, 1.807) is 6.92 Å². The summed E-state index contributed by atoms with van der Waals surface area (Å²) in [5, 5.41) is 2.98. The summed E-state index contributed by atoms with van der Waals surface area (Å²) in [6, 6.07) is 0. The molecule has 1 amide bonds. The number of hydrogen-bond acceptors (Lipinski definition) is 2. The highest BCUT2D eigenvalue weighted by molar-refractivity contribution is 5.82. The van der Waals surface area contributed by atoms with Crippen molar-refractivity contribution in [1.29, 1.82) is 0 Å². The standard InChI is InChI=1S/C13H25NO2/c1-7-8-11(16)14-13(5,6)9-12(3,4)10(2)15/h7-9H2,1-6H3,(H,14,16). The van der Waals surface area contributed by atoms with E-state index >= 15 is 0 Å². The topological polar surface area (TPSA) is 46.2 Å². The molecule has 3 nitrogen and oxygen atoms in total. The zero-order valence-electron chi connectivity index (χ0n) is 11.4. The van der Waals surface area contributed by atoms with Gasteiger partial charge in [0.05, 0.1) is 0 Å². The summed E-state index contributed by atoms with van der Waals surface area (Å²) in [5.41, 5.74) is -0.718. The van der Waals surface area contributed by atoms with E-state index in [1.807, 2.05) is 34.6 Å². The minimum absolute atomic E-state index is 0.0619. The Hall–Kier alpha value is -0.860. The van der Waals surface area contributed by atoms with E-state index in [1.165, 1.54) is 0 Å². The highest BCUT2D eigenvalue weighted by Crippen LogP contribution is 2.28. The molecule has 16 heavy (non-hydrogen) atoms. The zero-order chi connectivity index (χ0) is 13.0. The van der Waals surface area contributed by atoms with Crippen LogP contribution in [0, 0.1) is 5.41 Å². The van der Waals surface area contributed by atoms with Crippen LogP contribution < -0.4 is 5.32 Å². The summed E-state index contributed by atoms with van der Waals surface area (Å²) in [4.78, 5) is 23.0. The average molecular weight is 227 g/mol. The van der Waals surface area contributed by atoms with Crippen molar-refractivity contribution in [3.63, 3.8) is 0 Å². The van der Waals surface area contributed by atoms with Gasteiger partial charge in [0, 0.05) is 17.4 Å². The molecule has 0 spiro atoms. The molecule has 0 aliphatic rings. The van der Waals surface area contributed by atoms with Crippen LogP contribution in [0.5, 0.6) is 0 Å². The lowest BCUT2D eigenvalue weighted by Gasteiger charge is -2.34. The van der Waals surface area contributed by atoms with Gasteiger partial charge in [-0.05, 0) is 33.6 Å². The van der Waals surface area contributed by atoms with E-state index < -0.39 is 0 Å². The van der Waals surface area contributed by atoms with Crippen molar-refractivity contribution in [3.8, 4) is 0 Å². The molecule has 0 radical (unpaired) electrons. The number of rotatable bonds is 6. The van der Waals surface area contributed by atoms with Crippen molar-refractivity contribution >= 4 is 11.7 Å². The van der Waals surface area contributed by atoms with Crippen LogP contribution in [-0.2, 0) is 9.59 Å². The van der Waals surface area contributed by atoms with Crippen LogP contribution in [0.25, 0.3) is 0 Å². The van der Waals surface area contributed by atoms with Gasteiger partial charge in [0.1, 0.15) is 5.78 Å². The fraction of sp³-hybridized carbons (Fsp3) is 0.846. The summed E-state index contributed by atoms with van der Waals surface area (Å²) in [5.74, 6) is 0.220. The molecule has 0 aromatic heterocycles. The third kappa shape index (κ3) is 5.29. The molecule has 0 atom stereocenters. The average Bonchev–Trinajstić information content (AvgIpc) is 1.99. The summed E-state index contributed by atoms with van der Waals surface area (Å²) in [6.07, 6.45) is 2.05. The molecule has 0 aromatic carbocycles. The van der Waals surface area contributed by atoms with Gasteiger partial charge in [0.15, 0.2) is 0 Å². The Bertz CT molecular complexity index is 267. The number of hydrogen-bond donors (Lipinski definition) is 1. The van der Waals surface area contributed by atoms with Crippen LogP contribution in [0.2, 0.25) is 0 Å². The number of carbonyl (C=O) groups is 2. The van der Waals surface area contributed by atoms with Crippen molar-refractivity contribution in [1.82, 2.24) is 5.32 Å². The minimum atomic E-state index is -0.386. The third-order valence-corrected chi connectivity index (χ3v) is 2.79. The molecule has 0 bridgehead atoms. The Kier molecular flexibility index (Phi) is 5.17. The molecule has 3 heteroatoms. The first kappa shape index (κ1) is 15.1. The first-order valence-corrected chi connectivity index (χ1v) is 5.93. The predicted molar refractivity (Wildman–Crippen MR) is 66.2 cm³/mol. The van der Waals surface area contributed by atoms with Crippen LogP contribution in [0.3, 0.4) is 0 Å². The first-order valence-electron chi connectivity index (χ1n) is 5.93. The molecule has 0 saturated heterocycles. The number of amides is 1. The van der Waals surface area contributed by atoms with E-state index in [-0.39, 0.29) is 22.6 Å². The lowest BCUT2D eigenvalue weighted by Crippen LogP contribution is -2.47. The molecule has 1 N–H and O–H groups in total. The molecular formula is C13H25NO2. The quantitative estimate of drug-likeness (QED) is 0.758. The van der Waals surface area contributed by atoms with Crippen molar-refractivity contribution in [2.45, 2.75) is 66.3 Å². The largest absolute Gasteiger partial charge is 0.351 e. The Morgan fingerprint density at radius 3 is 2.00 bits per heavy atom. The van der Waals surface area contributed by atoms with Gasteiger partial charge in [0.2, 0.25) is 5.91 Å². The highest BCUT2D eigenvalue weighted by Gasteiger charge is 2.32. The Labute approximate surface area is 99.0 Å². The van der Waals surface area contributed by atoms with Crippen LogP contribution in [0.4, 0.5) is 0 Å². The summed E-state index contributed by atoms with van der Waals surface area (Å²) in [7, 11) is 0. The number of Topliss-reactive ketones (excluding diaryl/α,β-unsaturated/α-hetero) is 1. The van der Waals surface area contributed by atoms with E-state index in [2.05, 4.69) is 5.32 Å². The molecule has 0 heterocycles. The van der Waals surface area contributed by atoms with Gasteiger partial charge in [-0.2, -0.15) is 0 Å². The van der Waals surface area contributed by atoms with E-state index in [4.69, 9.17) is 0 Å².